The Morgan fingerprint density at radius 1 is 0.846 bits per heavy atom. The number of nitrogens with one attached hydrogen (secondary N) is 1. The van der Waals surface area contributed by atoms with Crippen molar-refractivity contribution < 1.29 is 14.3 Å². The summed E-state index contributed by atoms with van der Waals surface area (Å²) in [5, 5.41) is 2.92. The Morgan fingerprint density at radius 2 is 1.50 bits per heavy atom. The monoisotopic (exact) mass is 347 g/mol. The summed E-state index contributed by atoms with van der Waals surface area (Å²) in [6.07, 6.45) is 0. The number of hydrogen-bond donors (Lipinski definition) is 1. The average Bonchev–Trinajstić information content (AvgIpc) is 2.72. The van der Waals surface area contributed by atoms with Gasteiger partial charge in [0.25, 0.3) is 5.91 Å². The summed E-state index contributed by atoms with van der Waals surface area (Å²) in [7, 11) is 1.56. The molecule has 0 radical (unpaired) electrons. The van der Waals surface area contributed by atoms with Crippen LogP contribution in [0.4, 0.5) is 0 Å². The second-order valence-electron chi connectivity index (χ2n) is 5.80. The zero-order valence-corrected chi connectivity index (χ0v) is 14.6. The molecular formula is C22H21NO3. The van der Waals surface area contributed by atoms with Gasteiger partial charge in [0.05, 0.1) is 12.7 Å². The third-order valence-electron chi connectivity index (χ3n) is 3.98. The van der Waals surface area contributed by atoms with Crippen molar-refractivity contribution in [2.24, 2.45) is 0 Å². The van der Waals surface area contributed by atoms with Crippen LogP contribution in [0, 0.1) is 0 Å². The number of methoxy groups -OCH3 is 1. The van der Waals surface area contributed by atoms with Crippen molar-refractivity contribution in [3.63, 3.8) is 0 Å². The Hall–Kier alpha value is -3.27. The van der Waals surface area contributed by atoms with Gasteiger partial charge in [0.1, 0.15) is 18.1 Å². The first-order valence-corrected chi connectivity index (χ1v) is 8.43. The molecule has 0 aliphatic heterocycles. The van der Waals surface area contributed by atoms with Gasteiger partial charge in [-0.1, -0.05) is 54.6 Å². The summed E-state index contributed by atoms with van der Waals surface area (Å²) >= 11 is 0. The van der Waals surface area contributed by atoms with Crippen LogP contribution in [0.3, 0.4) is 0 Å². The Morgan fingerprint density at radius 3 is 2.23 bits per heavy atom. The predicted molar refractivity (Wildman–Crippen MR) is 101 cm³/mol. The summed E-state index contributed by atoms with van der Waals surface area (Å²) < 4.78 is 11.0. The second kappa shape index (κ2) is 8.72. The molecule has 1 amide bonds. The van der Waals surface area contributed by atoms with Crippen LogP contribution in [0.1, 0.15) is 21.5 Å². The molecule has 4 heteroatoms. The maximum absolute atomic E-state index is 12.3. The molecule has 0 spiro atoms. The first-order valence-electron chi connectivity index (χ1n) is 8.43. The quantitative estimate of drug-likeness (QED) is 0.697. The van der Waals surface area contributed by atoms with Gasteiger partial charge in [-0.05, 0) is 35.4 Å². The molecule has 0 saturated carbocycles. The molecule has 1 N–H and O–H groups in total. The largest absolute Gasteiger partial charge is 0.496 e. The molecule has 0 fully saturated rings. The lowest BCUT2D eigenvalue weighted by Crippen LogP contribution is -2.23. The van der Waals surface area contributed by atoms with Crippen LogP contribution in [-0.4, -0.2) is 13.0 Å². The molecule has 0 aliphatic carbocycles. The van der Waals surface area contributed by atoms with E-state index >= 15 is 0 Å². The van der Waals surface area contributed by atoms with Crippen molar-refractivity contribution in [2.75, 3.05) is 7.11 Å². The fraction of sp³-hybridized carbons (Fsp3) is 0.136. The summed E-state index contributed by atoms with van der Waals surface area (Å²) in [5.74, 6) is 1.26. The number of amides is 1. The Kier molecular flexibility index (Phi) is 5.88. The topological polar surface area (TPSA) is 47.6 Å². The van der Waals surface area contributed by atoms with E-state index < -0.39 is 0 Å². The second-order valence-corrected chi connectivity index (χ2v) is 5.80. The number of hydrogen-bond acceptors (Lipinski definition) is 3. The lowest BCUT2D eigenvalue weighted by atomic mass is 10.1. The highest BCUT2D eigenvalue weighted by Gasteiger charge is 2.10. The lowest BCUT2D eigenvalue weighted by molar-refractivity contribution is 0.0948. The van der Waals surface area contributed by atoms with Crippen LogP contribution in [-0.2, 0) is 13.2 Å². The Bertz CT molecular complexity index is 845. The maximum atomic E-state index is 12.3. The minimum atomic E-state index is -0.154. The molecule has 3 aromatic carbocycles. The van der Waals surface area contributed by atoms with Gasteiger partial charge in [-0.2, -0.15) is 0 Å². The van der Waals surface area contributed by atoms with Crippen LogP contribution >= 0.6 is 0 Å². The number of para-hydroxylation sites is 2. The van der Waals surface area contributed by atoms with Crippen molar-refractivity contribution in [1.29, 1.82) is 0 Å². The fourth-order valence-electron chi connectivity index (χ4n) is 2.55. The van der Waals surface area contributed by atoms with Crippen LogP contribution in [0.5, 0.6) is 11.5 Å². The van der Waals surface area contributed by atoms with E-state index in [0.29, 0.717) is 24.5 Å². The fourth-order valence-corrected chi connectivity index (χ4v) is 2.55. The first-order chi connectivity index (χ1) is 12.8. The van der Waals surface area contributed by atoms with Gasteiger partial charge in [0.15, 0.2) is 0 Å². The van der Waals surface area contributed by atoms with Crippen LogP contribution in [0.15, 0.2) is 78.9 Å². The zero-order chi connectivity index (χ0) is 18.2. The van der Waals surface area contributed by atoms with Gasteiger partial charge in [0, 0.05) is 6.54 Å². The van der Waals surface area contributed by atoms with E-state index in [2.05, 4.69) is 5.32 Å². The molecular weight excluding hydrogens is 326 g/mol. The van der Waals surface area contributed by atoms with Crippen molar-refractivity contribution in [1.82, 2.24) is 5.32 Å². The SMILES string of the molecule is COc1ccccc1C(=O)NCc1ccc(COc2ccccc2)cc1. The molecule has 0 atom stereocenters. The molecule has 0 aliphatic rings. The molecule has 3 rings (SSSR count). The van der Waals surface area contributed by atoms with E-state index in [9.17, 15) is 4.79 Å². The molecule has 3 aromatic rings. The molecule has 4 nitrogen and oxygen atoms in total. The van der Waals surface area contributed by atoms with Crippen LogP contribution in [0.2, 0.25) is 0 Å². The Labute approximate surface area is 153 Å². The Balaban J connectivity index is 1.53. The first kappa shape index (κ1) is 17.5. The van der Waals surface area contributed by atoms with E-state index in [0.717, 1.165) is 16.9 Å². The van der Waals surface area contributed by atoms with Gasteiger partial charge >= 0.3 is 0 Å². The number of benzene rings is 3. The van der Waals surface area contributed by atoms with Crippen molar-refractivity contribution in [3.05, 3.63) is 95.6 Å². The minimum Gasteiger partial charge on any atom is -0.496 e. The van der Waals surface area contributed by atoms with Crippen molar-refractivity contribution >= 4 is 5.91 Å². The molecule has 0 aromatic heterocycles. The van der Waals surface area contributed by atoms with Gasteiger partial charge < -0.3 is 14.8 Å². The molecule has 0 bridgehead atoms. The van der Waals surface area contributed by atoms with E-state index in [1.807, 2.05) is 66.7 Å². The van der Waals surface area contributed by atoms with E-state index in [4.69, 9.17) is 9.47 Å². The number of carbonyl (C=O) groups is 1. The smallest absolute Gasteiger partial charge is 0.255 e. The third kappa shape index (κ3) is 4.63. The van der Waals surface area contributed by atoms with E-state index in [1.165, 1.54) is 0 Å². The van der Waals surface area contributed by atoms with Crippen molar-refractivity contribution in [2.45, 2.75) is 13.2 Å². The number of ether oxygens (including phenoxy) is 2. The maximum Gasteiger partial charge on any atom is 0.255 e. The van der Waals surface area contributed by atoms with Gasteiger partial charge in [0.2, 0.25) is 0 Å². The van der Waals surface area contributed by atoms with E-state index in [-0.39, 0.29) is 5.91 Å². The summed E-state index contributed by atoms with van der Waals surface area (Å²) in [4.78, 5) is 12.3. The van der Waals surface area contributed by atoms with Gasteiger partial charge in [-0.15, -0.1) is 0 Å². The third-order valence-corrected chi connectivity index (χ3v) is 3.98. The molecule has 132 valence electrons. The highest BCUT2D eigenvalue weighted by atomic mass is 16.5. The molecule has 0 unspecified atom stereocenters. The molecule has 0 heterocycles. The molecule has 26 heavy (non-hydrogen) atoms. The van der Waals surface area contributed by atoms with Gasteiger partial charge in [-0.3, -0.25) is 4.79 Å². The number of rotatable bonds is 7. The summed E-state index contributed by atoms with van der Waals surface area (Å²) in [5.41, 5.74) is 2.63. The predicted octanol–water partition coefficient (Wildman–Crippen LogP) is 4.20. The lowest BCUT2D eigenvalue weighted by Gasteiger charge is -2.10. The molecule has 0 saturated heterocycles. The summed E-state index contributed by atoms with van der Waals surface area (Å²) in [6.45, 7) is 0.967. The van der Waals surface area contributed by atoms with Gasteiger partial charge in [-0.25, -0.2) is 0 Å². The highest BCUT2D eigenvalue weighted by molar-refractivity contribution is 5.96. The average molecular weight is 347 g/mol. The normalized spacial score (nSPS) is 10.2. The van der Waals surface area contributed by atoms with E-state index in [1.54, 1.807) is 19.2 Å². The van der Waals surface area contributed by atoms with Crippen molar-refractivity contribution in [3.8, 4) is 11.5 Å². The summed E-state index contributed by atoms with van der Waals surface area (Å²) in [6, 6.07) is 24.9. The minimum absolute atomic E-state index is 0.154. The standard InChI is InChI=1S/C22H21NO3/c1-25-21-10-6-5-9-20(21)22(24)23-15-17-11-13-18(14-12-17)16-26-19-7-3-2-4-8-19/h2-14H,15-16H2,1H3,(H,23,24). The highest BCUT2D eigenvalue weighted by Crippen LogP contribution is 2.17. The van der Waals surface area contributed by atoms with Crippen LogP contribution in [0.25, 0.3) is 0 Å². The zero-order valence-electron chi connectivity index (χ0n) is 14.6. The van der Waals surface area contributed by atoms with Crippen LogP contribution < -0.4 is 14.8 Å². The number of carbonyl (C=O) groups excluding carboxylic acids is 1.